The van der Waals surface area contributed by atoms with Crippen LogP contribution in [0, 0.1) is 11.8 Å². The molecule has 1 aromatic rings. The maximum absolute atomic E-state index is 12.9. The van der Waals surface area contributed by atoms with Crippen LogP contribution in [0.2, 0.25) is 0 Å². The van der Waals surface area contributed by atoms with Gasteiger partial charge in [-0.05, 0) is 50.8 Å². The van der Waals surface area contributed by atoms with Crippen LogP contribution < -0.4 is 5.32 Å². The van der Waals surface area contributed by atoms with E-state index in [-0.39, 0.29) is 49.5 Å². The molecule has 182 valence electrons. The third-order valence-electron chi connectivity index (χ3n) is 5.51. The van der Waals surface area contributed by atoms with Gasteiger partial charge in [-0.1, -0.05) is 0 Å². The van der Waals surface area contributed by atoms with Crippen molar-refractivity contribution in [3.8, 4) is 0 Å². The van der Waals surface area contributed by atoms with Crippen LogP contribution in [0.3, 0.4) is 0 Å². The summed E-state index contributed by atoms with van der Waals surface area (Å²) >= 11 is 0. The van der Waals surface area contributed by atoms with Crippen molar-refractivity contribution < 1.29 is 39.6 Å². The average Bonchev–Trinajstić information content (AvgIpc) is 2.71. The molecular weight excluding hydrogens is 478 g/mol. The van der Waals surface area contributed by atoms with Crippen LogP contribution in [0.5, 0.6) is 0 Å². The Balaban J connectivity index is 1.82. The van der Waals surface area contributed by atoms with Crippen LogP contribution in [-0.2, 0) is 21.2 Å². The number of allylic oxidation sites excluding steroid dienone is 1. The van der Waals surface area contributed by atoms with E-state index in [9.17, 15) is 39.6 Å². The number of nitrogens with one attached hydrogen (secondary N) is 1. The lowest BCUT2D eigenvalue weighted by molar-refractivity contribution is -0.182. The highest BCUT2D eigenvalue weighted by molar-refractivity contribution is 7.88. The van der Waals surface area contributed by atoms with Crippen molar-refractivity contribution in [2.75, 3.05) is 11.9 Å². The highest BCUT2D eigenvalue weighted by atomic mass is 32.2. The van der Waals surface area contributed by atoms with E-state index < -0.39 is 45.9 Å². The fourth-order valence-electron chi connectivity index (χ4n) is 3.78. The molecule has 14 heteroatoms. The average molecular weight is 498 g/mol. The Morgan fingerprint density at radius 2 is 1.76 bits per heavy atom. The molecule has 1 amide bonds. The number of likely N-dealkylation sites (N-methyl/N-ethyl adjacent to an activating group) is 1. The first-order valence-corrected chi connectivity index (χ1v) is 11.4. The monoisotopic (exact) mass is 498 g/mol. The van der Waals surface area contributed by atoms with Crippen molar-refractivity contribution in [2.45, 2.75) is 45.0 Å². The topological polar surface area (TPSA) is 91.7 Å². The summed E-state index contributed by atoms with van der Waals surface area (Å²) in [6.45, 7) is 1.28. The van der Waals surface area contributed by atoms with Crippen LogP contribution in [0.25, 0.3) is 0 Å². The Bertz CT molecular complexity index is 1060. The summed E-state index contributed by atoms with van der Waals surface area (Å²) in [4.78, 5) is 16.3. The maximum Gasteiger partial charge on any atom is 0.417 e. The van der Waals surface area contributed by atoms with Crippen molar-refractivity contribution >= 4 is 27.6 Å². The fourth-order valence-corrected chi connectivity index (χ4v) is 5.06. The van der Waals surface area contributed by atoms with Gasteiger partial charge in [0.05, 0.1) is 17.2 Å². The second-order valence-electron chi connectivity index (χ2n) is 7.66. The minimum absolute atomic E-state index is 0.0224. The molecule has 1 fully saturated rings. The van der Waals surface area contributed by atoms with Gasteiger partial charge in [0.15, 0.2) is 0 Å². The SMILES string of the molecule is CCN1C(C(=O)Nc2ccc(C(F)(F)F)cn2)=CC(C2CCC(C(F)(F)F)CC2)=NS1(=O)=O. The van der Waals surface area contributed by atoms with Gasteiger partial charge in [-0.2, -0.15) is 34.8 Å². The number of rotatable bonds is 4. The molecule has 1 aromatic heterocycles. The lowest BCUT2D eigenvalue weighted by atomic mass is 9.79. The van der Waals surface area contributed by atoms with Crippen LogP contribution in [0.1, 0.15) is 38.2 Å². The Hall–Kier alpha value is -2.64. The second kappa shape index (κ2) is 8.95. The molecule has 0 spiro atoms. The van der Waals surface area contributed by atoms with Crippen molar-refractivity contribution in [1.29, 1.82) is 0 Å². The van der Waals surface area contributed by atoms with Gasteiger partial charge in [0.25, 0.3) is 5.91 Å². The third kappa shape index (κ3) is 5.65. The van der Waals surface area contributed by atoms with Gasteiger partial charge in [0.2, 0.25) is 0 Å². The van der Waals surface area contributed by atoms with Gasteiger partial charge in [0.1, 0.15) is 11.5 Å². The van der Waals surface area contributed by atoms with E-state index in [1.807, 2.05) is 0 Å². The minimum atomic E-state index is -4.62. The van der Waals surface area contributed by atoms with Crippen LogP contribution in [-0.4, -0.2) is 42.0 Å². The van der Waals surface area contributed by atoms with Crippen molar-refractivity contribution in [3.05, 3.63) is 35.7 Å². The van der Waals surface area contributed by atoms with E-state index in [0.29, 0.717) is 16.6 Å². The van der Waals surface area contributed by atoms with E-state index in [2.05, 4.69) is 14.7 Å². The van der Waals surface area contributed by atoms with Gasteiger partial charge < -0.3 is 5.32 Å². The Morgan fingerprint density at radius 1 is 1.12 bits per heavy atom. The smallest absolute Gasteiger partial charge is 0.305 e. The predicted octanol–water partition coefficient (Wildman–Crippen LogP) is 4.31. The number of aromatic nitrogens is 1. The fraction of sp³-hybridized carbons (Fsp3) is 0.526. The first-order valence-electron chi connectivity index (χ1n) is 9.98. The zero-order valence-corrected chi connectivity index (χ0v) is 18.1. The first kappa shape index (κ1) is 25.0. The molecule has 1 saturated carbocycles. The molecule has 0 unspecified atom stereocenters. The van der Waals surface area contributed by atoms with Gasteiger partial charge in [-0.15, -0.1) is 4.40 Å². The summed E-state index contributed by atoms with van der Waals surface area (Å²) in [5, 5.41) is 2.25. The molecule has 1 N–H and O–H groups in total. The molecule has 33 heavy (non-hydrogen) atoms. The molecule has 2 heterocycles. The van der Waals surface area contributed by atoms with E-state index in [0.717, 1.165) is 6.07 Å². The Kier molecular flexibility index (Phi) is 6.78. The second-order valence-corrected chi connectivity index (χ2v) is 9.18. The van der Waals surface area contributed by atoms with Crippen molar-refractivity contribution in [2.24, 2.45) is 16.2 Å². The standard InChI is InChI=1S/C19H20F6N4O3S/c1-2-29-15(17(30)27-16-8-7-13(10-26-16)19(23,24)25)9-14(28-33(29,31)32)11-3-5-12(6-4-11)18(20,21)22/h7-12H,2-6H2,1H3,(H,26,27,30). The lowest BCUT2D eigenvalue weighted by Crippen LogP contribution is -2.40. The molecule has 0 saturated heterocycles. The van der Waals surface area contributed by atoms with Crippen molar-refractivity contribution in [3.63, 3.8) is 0 Å². The number of carbonyl (C=O) groups is 1. The van der Waals surface area contributed by atoms with Crippen LogP contribution >= 0.6 is 0 Å². The summed E-state index contributed by atoms with van der Waals surface area (Å²) in [6, 6.07) is 1.63. The van der Waals surface area contributed by atoms with Crippen LogP contribution in [0.15, 0.2) is 34.5 Å². The normalized spacial score (nSPS) is 23.5. The van der Waals surface area contributed by atoms with Gasteiger partial charge >= 0.3 is 22.6 Å². The van der Waals surface area contributed by atoms with E-state index in [1.165, 1.54) is 13.0 Å². The molecule has 1 aliphatic heterocycles. The molecule has 0 bridgehead atoms. The first-order chi connectivity index (χ1) is 15.2. The molecule has 0 atom stereocenters. The summed E-state index contributed by atoms with van der Waals surface area (Å²) in [5.41, 5.74) is -1.40. The number of anilines is 1. The van der Waals surface area contributed by atoms with Gasteiger partial charge in [-0.3, -0.25) is 4.79 Å². The largest absolute Gasteiger partial charge is 0.417 e. The van der Waals surface area contributed by atoms with E-state index >= 15 is 0 Å². The summed E-state index contributed by atoms with van der Waals surface area (Å²) in [7, 11) is -4.33. The highest BCUT2D eigenvalue weighted by Gasteiger charge is 2.43. The van der Waals surface area contributed by atoms with Gasteiger partial charge in [0, 0.05) is 18.7 Å². The zero-order valence-electron chi connectivity index (χ0n) is 17.2. The number of pyridine rings is 1. The quantitative estimate of drug-likeness (QED) is 0.627. The molecule has 2 aliphatic rings. The molecule has 7 nitrogen and oxygen atoms in total. The number of hydrogen-bond acceptors (Lipinski definition) is 4. The number of amides is 1. The predicted molar refractivity (Wildman–Crippen MR) is 106 cm³/mol. The zero-order chi connectivity index (χ0) is 24.6. The lowest BCUT2D eigenvalue weighted by Gasteiger charge is -2.32. The number of hydrogen-bond donors (Lipinski definition) is 1. The third-order valence-corrected chi connectivity index (χ3v) is 6.97. The summed E-state index contributed by atoms with van der Waals surface area (Å²) in [6.07, 6.45) is -7.50. The van der Waals surface area contributed by atoms with E-state index in [1.54, 1.807) is 0 Å². The van der Waals surface area contributed by atoms with Crippen molar-refractivity contribution in [1.82, 2.24) is 9.29 Å². The number of carbonyl (C=O) groups excluding carboxylic acids is 1. The number of halogens is 6. The summed E-state index contributed by atoms with van der Waals surface area (Å²) < 4.78 is 106. The Morgan fingerprint density at radius 3 is 2.24 bits per heavy atom. The Labute approximate surface area is 185 Å². The number of nitrogens with zero attached hydrogens (tertiary/aromatic N) is 3. The molecule has 0 aromatic carbocycles. The van der Waals surface area contributed by atoms with Gasteiger partial charge in [-0.25, -0.2) is 9.29 Å². The van der Waals surface area contributed by atoms with Crippen LogP contribution in [0.4, 0.5) is 32.2 Å². The molecule has 3 rings (SSSR count). The van der Waals surface area contributed by atoms with E-state index in [4.69, 9.17) is 0 Å². The minimum Gasteiger partial charge on any atom is -0.305 e. The molecule has 1 aliphatic carbocycles. The molecular formula is C19H20F6N4O3S. The maximum atomic E-state index is 12.9. The molecule has 0 radical (unpaired) electrons. The highest BCUT2D eigenvalue weighted by Crippen LogP contribution is 2.40. The number of alkyl halides is 6. The summed E-state index contributed by atoms with van der Waals surface area (Å²) in [5.74, 6) is -3.25.